The minimum absolute atomic E-state index is 0.183. The van der Waals surface area contributed by atoms with Gasteiger partial charge in [-0.25, -0.2) is 4.79 Å². The zero-order chi connectivity index (χ0) is 25.5. The van der Waals surface area contributed by atoms with E-state index in [1.807, 2.05) is 6.07 Å². The highest BCUT2D eigenvalue weighted by Gasteiger charge is 2.19. The van der Waals surface area contributed by atoms with E-state index in [9.17, 15) is 4.79 Å². The number of amides is 1. The third-order valence-corrected chi connectivity index (χ3v) is 7.73. The Morgan fingerprint density at radius 2 is 1.92 bits per heavy atom. The van der Waals surface area contributed by atoms with Gasteiger partial charge in [0.15, 0.2) is 6.73 Å². The maximum absolute atomic E-state index is 12.3. The second-order valence-electron chi connectivity index (χ2n) is 10.2. The maximum atomic E-state index is 12.3. The molecule has 0 aliphatic heterocycles. The van der Waals surface area contributed by atoms with E-state index in [1.54, 1.807) is 37.7 Å². The van der Waals surface area contributed by atoms with E-state index in [1.165, 1.54) is 4.80 Å². The molecular formula is C25H34N6O4Si. The molecule has 4 rings (SSSR count). The van der Waals surface area contributed by atoms with Crippen molar-refractivity contribution in [1.29, 1.82) is 0 Å². The SMILES string of the molecule is COc1ccc(OC(=O)NC2CCCC2)cc1-c1cncc(-c2nnn(COCC[Si](C)(C)C)n2)c1. The fraction of sp³-hybridized carbons (Fsp3) is 0.480. The second kappa shape index (κ2) is 11.6. The Morgan fingerprint density at radius 1 is 1.14 bits per heavy atom. The number of ether oxygens (including phenoxy) is 3. The lowest BCUT2D eigenvalue weighted by Crippen LogP contribution is -2.34. The number of carbonyl (C=O) groups is 1. The molecule has 1 aromatic carbocycles. The van der Waals surface area contributed by atoms with Gasteiger partial charge < -0.3 is 19.5 Å². The van der Waals surface area contributed by atoms with Crippen molar-refractivity contribution < 1.29 is 19.0 Å². The summed E-state index contributed by atoms with van der Waals surface area (Å²) in [6.45, 7) is 7.86. The Morgan fingerprint density at radius 3 is 2.67 bits per heavy atom. The zero-order valence-corrected chi connectivity index (χ0v) is 22.4. The average Bonchev–Trinajstić information content (AvgIpc) is 3.54. The van der Waals surface area contributed by atoms with Crippen LogP contribution in [0.25, 0.3) is 22.5 Å². The van der Waals surface area contributed by atoms with Crippen LogP contribution < -0.4 is 14.8 Å². The number of methoxy groups -OCH3 is 1. The molecule has 0 bridgehead atoms. The Labute approximate surface area is 212 Å². The number of carbonyl (C=O) groups excluding carboxylic acids is 1. The van der Waals surface area contributed by atoms with Crippen molar-refractivity contribution in [3.8, 4) is 34.0 Å². The van der Waals surface area contributed by atoms with Gasteiger partial charge in [-0.1, -0.05) is 32.5 Å². The van der Waals surface area contributed by atoms with Crippen molar-refractivity contribution in [1.82, 2.24) is 30.5 Å². The standard InChI is InChI=1S/C25H34N6O4Si/c1-33-23-10-9-21(35-25(32)27-20-7-5-6-8-20)14-22(23)18-13-19(16-26-15-18)24-28-30-31(29-24)17-34-11-12-36(2,3)4/h9-10,13-16,20H,5-8,11-12,17H2,1-4H3,(H,27,32). The van der Waals surface area contributed by atoms with E-state index < -0.39 is 14.2 Å². The van der Waals surface area contributed by atoms with E-state index in [0.717, 1.165) is 42.9 Å². The summed E-state index contributed by atoms with van der Waals surface area (Å²) >= 11 is 0. The number of benzene rings is 1. The van der Waals surface area contributed by atoms with Crippen molar-refractivity contribution in [3.05, 3.63) is 36.7 Å². The molecule has 192 valence electrons. The smallest absolute Gasteiger partial charge is 0.412 e. The van der Waals surface area contributed by atoms with Gasteiger partial charge in [-0.3, -0.25) is 4.98 Å². The molecule has 36 heavy (non-hydrogen) atoms. The van der Waals surface area contributed by atoms with Crippen molar-refractivity contribution in [2.75, 3.05) is 13.7 Å². The van der Waals surface area contributed by atoms with Crippen LogP contribution in [-0.4, -0.2) is 59.1 Å². The molecule has 0 unspecified atom stereocenters. The molecule has 2 aromatic heterocycles. The molecule has 1 amide bonds. The van der Waals surface area contributed by atoms with Gasteiger partial charge in [-0.2, -0.15) is 0 Å². The van der Waals surface area contributed by atoms with E-state index in [2.05, 4.69) is 45.4 Å². The van der Waals surface area contributed by atoms with Crippen molar-refractivity contribution in [2.24, 2.45) is 0 Å². The molecule has 0 saturated heterocycles. The first-order valence-corrected chi connectivity index (χ1v) is 16.0. The van der Waals surface area contributed by atoms with Crippen LogP contribution in [0.1, 0.15) is 25.7 Å². The van der Waals surface area contributed by atoms with E-state index in [0.29, 0.717) is 29.5 Å². The molecule has 1 aliphatic rings. The largest absolute Gasteiger partial charge is 0.496 e. The summed E-state index contributed by atoms with van der Waals surface area (Å²) in [5.74, 6) is 1.50. The van der Waals surface area contributed by atoms with Crippen LogP contribution in [0.2, 0.25) is 25.7 Å². The van der Waals surface area contributed by atoms with Gasteiger partial charge in [0.2, 0.25) is 5.82 Å². The highest BCUT2D eigenvalue weighted by Crippen LogP contribution is 2.34. The zero-order valence-electron chi connectivity index (χ0n) is 21.4. The van der Waals surface area contributed by atoms with Crippen LogP contribution in [0, 0.1) is 0 Å². The third-order valence-electron chi connectivity index (χ3n) is 6.02. The van der Waals surface area contributed by atoms with Gasteiger partial charge in [0, 0.05) is 49.8 Å². The van der Waals surface area contributed by atoms with Crippen LogP contribution >= 0.6 is 0 Å². The van der Waals surface area contributed by atoms with Crippen LogP contribution in [0.15, 0.2) is 36.7 Å². The van der Waals surface area contributed by atoms with Gasteiger partial charge >= 0.3 is 6.09 Å². The van der Waals surface area contributed by atoms with Crippen LogP contribution in [0.3, 0.4) is 0 Å². The summed E-state index contributed by atoms with van der Waals surface area (Å²) < 4.78 is 16.8. The minimum Gasteiger partial charge on any atom is -0.496 e. The Hall–Kier alpha value is -3.31. The Balaban J connectivity index is 1.46. The molecule has 1 fully saturated rings. The summed E-state index contributed by atoms with van der Waals surface area (Å²) in [6.07, 6.45) is 7.20. The predicted octanol–water partition coefficient (Wildman–Crippen LogP) is 4.75. The van der Waals surface area contributed by atoms with Crippen molar-refractivity contribution >= 4 is 14.2 Å². The summed E-state index contributed by atoms with van der Waals surface area (Å²) in [7, 11) is 0.444. The molecule has 0 spiro atoms. The lowest BCUT2D eigenvalue weighted by atomic mass is 10.0. The first kappa shape index (κ1) is 25.8. The number of pyridine rings is 1. The maximum Gasteiger partial charge on any atom is 0.412 e. The third kappa shape index (κ3) is 7.11. The first-order chi connectivity index (χ1) is 17.3. The molecule has 0 radical (unpaired) electrons. The average molecular weight is 511 g/mol. The number of hydrogen-bond donors (Lipinski definition) is 1. The summed E-state index contributed by atoms with van der Waals surface area (Å²) in [4.78, 5) is 18.1. The summed E-state index contributed by atoms with van der Waals surface area (Å²) in [6, 6.07) is 8.41. The molecule has 0 atom stereocenters. The molecular weight excluding hydrogens is 476 g/mol. The Kier molecular flexibility index (Phi) is 8.31. The van der Waals surface area contributed by atoms with Crippen LogP contribution in [0.4, 0.5) is 4.79 Å². The minimum atomic E-state index is -1.15. The number of nitrogens with zero attached hydrogens (tertiary/aromatic N) is 5. The van der Waals surface area contributed by atoms with Gasteiger partial charge in [0.05, 0.1) is 7.11 Å². The topological polar surface area (TPSA) is 113 Å². The molecule has 1 aliphatic carbocycles. The normalized spacial score (nSPS) is 14.1. The number of aromatic nitrogens is 5. The fourth-order valence-corrected chi connectivity index (χ4v) is 4.75. The molecule has 2 heterocycles. The van der Waals surface area contributed by atoms with Gasteiger partial charge in [0.1, 0.15) is 11.5 Å². The summed E-state index contributed by atoms with van der Waals surface area (Å²) in [5.41, 5.74) is 2.21. The van der Waals surface area contributed by atoms with Crippen LogP contribution in [0.5, 0.6) is 11.5 Å². The molecule has 10 nitrogen and oxygen atoms in total. The van der Waals surface area contributed by atoms with E-state index >= 15 is 0 Å². The van der Waals surface area contributed by atoms with Gasteiger partial charge in [-0.05, 0) is 48.4 Å². The van der Waals surface area contributed by atoms with Crippen LogP contribution in [-0.2, 0) is 11.5 Å². The molecule has 1 saturated carbocycles. The summed E-state index contributed by atoms with van der Waals surface area (Å²) in [5, 5.41) is 15.6. The monoisotopic (exact) mass is 510 g/mol. The lowest BCUT2D eigenvalue weighted by molar-refractivity contribution is 0.0674. The number of rotatable bonds is 10. The van der Waals surface area contributed by atoms with Gasteiger partial charge in [-0.15, -0.1) is 15.0 Å². The molecule has 11 heteroatoms. The van der Waals surface area contributed by atoms with E-state index in [-0.39, 0.29) is 12.8 Å². The van der Waals surface area contributed by atoms with Gasteiger partial charge in [0.25, 0.3) is 0 Å². The Bertz CT molecular complexity index is 1170. The highest BCUT2D eigenvalue weighted by atomic mass is 28.3. The first-order valence-electron chi connectivity index (χ1n) is 12.3. The quantitative estimate of drug-likeness (QED) is 0.307. The second-order valence-corrected chi connectivity index (χ2v) is 15.8. The van der Waals surface area contributed by atoms with E-state index in [4.69, 9.17) is 14.2 Å². The lowest BCUT2D eigenvalue weighted by Gasteiger charge is -2.14. The number of tetrazole rings is 1. The number of nitrogens with one attached hydrogen (secondary N) is 1. The van der Waals surface area contributed by atoms with Crippen molar-refractivity contribution in [2.45, 2.75) is 64.1 Å². The predicted molar refractivity (Wildman–Crippen MR) is 139 cm³/mol. The fourth-order valence-electron chi connectivity index (χ4n) is 4.00. The number of hydrogen-bond acceptors (Lipinski definition) is 8. The molecule has 1 N–H and O–H groups in total. The highest BCUT2D eigenvalue weighted by molar-refractivity contribution is 6.76. The van der Waals surface area contributed by atoms with Crippen molar-refractivity contribution in [3.63, 3.8) is 0 Å². The molecule has 3 aromatic rings.